The second-order valence-electron chi connectivity index (χ2n) is 5.09. The first-order valence-corrected chi connectivity index (χ1v) is 5.88. The van der Waals surface area contributed by atoms with E-state index >= 15 is 0 Å². The van der Waals surface area contributed by atoms with Crippen molar-refractivity contribution in [3.63, 3.8) is 0 Å². The van der Waals surface area contributed by atoms with Crippen molar-refractivity contribution < 1.29 is 9.59 Å². The fourth-order valence-corrected chi connectivity index (χ4v) is 3.30. The Kier molecular flexibility index (Phi) is 2.03. The minimum absolute atomic E-state index is 0.149. The van der Waals surface area contributed by atoms with E-state index in [0.717, 1.165) is 0 Å². The van der Waals surface area contributed by atoms with Gasteiger partial charge in [-0.05, 0) is 30.1 Å². The largest absolute Gasteiger partial charge is 0.275 e. The summed E-state index contributed by atoms with van der Waals surface area (Å²) < 4.78 is 0. The van der Waals surface area contributed by atoms with E-state index in [1.54, 1.807) is 0 Å². The molecular weight excluding hydrogens is 202 g/mol. The third-order valence-electron chi connectivity index (χ3n) is 4.34. The summed E-state index contributed by atoms with van der Waals surface area (Å²) in [5, 5.41) is 0. The van der Waals surface area contributed by atoms with Crippen LogP contribution in [0.5, 0.6) is 0 Å². The van der Waals surface area contributed by atoms with E-state index in [-0.39, 0.29) is 11.8 Å². The number of imide groups is 1. The summed E-state index contributed by atoms with van der Waals surface area (Å²) in [5.74, 6) is 1.99. The molecule has 4 unspecified atom stereocenters. The van der Waals surface area contributed by atoms with Crippen LogP contribution in [-0.4, -0.2) is 23.3 Å². The second-order valence-corrected chi connectivity index (χ2v) is 5.09. The molecular formula is C13H15NO2. The second kappa shape index (κ2) is 3.30. The first-order chi connectivity index (χ1) is 7.66. The van der Waals surface area contributed by atoms with Crippen LogP contribution in [0.4, 0.5) is 0 Å². The monoisotopic (exact) mass is 217 g/mol. The number of carbonyl (C=O) groups excluding carboxylic acids is 2. The van der Waals surface area contributed by atoms with Crippen molar-refractivity contribution in [3.8, 4) is 0 Å². The molecule has 2 bridgehead atoms. The molecule has 1 fully saturated rings. The van der Waals surface area contributed by atoms with Crippen LogP contribution < -0.4 is 0 Å². The number of amides is 2. The van der Waals surface area contributed by atoms with Gasteiger partial charge in [0.05, 0.1) is 0 Å². The molecule has 0 radical (unpaired) electrons. The molecule has 3 aliphatic rings. The normalized spacial score (nSPS) is 40.4. The third kappa shape index (κ3) is 1.27. The fourth-order valence-electron chi connectivity index (χ4n) is 3.30. The molecule has 1 heterocycles. The van der Waals surface area contributed by atoms with Crippen LogP contribution in [0.2, 0.25) is 0 Å². The highest BCUT2D eigenvalue weighted by Crippen LogP contribution is 2.48. The van der Waals surface area contributed by atoms with Gasteiger partial charge in [-0.2, -0.15) is 0 Å². The molecule has 1 aliphatic heterocycles. The van der Waals surface area contributed by atoms with Gasteiger partial charge in [0.25, 0.3) is 11.8 Å². The van der Waals surface area contributed by atoms with Gasteiger partial charge in [-0.3, -0.25) is 14.5 Å². The first-order valence-electron chi connectivity index (χ1n) is 5.88. The van der Waals surface area contributed by atoms with Gasteiger partial charge in [0.15, 0.2) is 0 Å². The Morgan fingerprint density at radius 3 is 2.38 bits per heavy atom. The highest BCUT2D eigenvalue weighted by atomic mass is 16.2. The maximum absolute atomic E-state index is 11.5. The molecule has 4 atom stereocenters. The lowest BCUT2D eigenvalue weighted by Crippen LogP contribution is -2.38. The van der Waals surface area contributed by atoms with E-state index in [2.05, 4.69) is 19.1 Å². The maximum atomic E-state index is 11.5. The lowest BCUT2D eigenvalue weighted by atomic mass is 9.84. The van der Waals surface area contributed by atoms with Gasteiger partial charge in [-0.15, -0.1) is 0 Å². The molecule has 0 aromatic heterocycles. The number of carbonyl (C=O) groups is 2. The number of fused-ring (bicyclic) bond motifs is 2. The van der Waals surface area contributed by atoms with E-state index in [9.17, 15) is 9.59 Å². The number of nitrogens with zero attached hydrogens (tertiary/aromatic N) is 1. The topological polar surface area (TPSA) is 37.4 Å². The number of hydrogen-bond acceptors (Lipinski definition) is 2. The smallest absolute Gasteiger partial charge is 0.253 e. The summed E-state index contributed by atoms with van der Waals surface area (Å²) in [7, 11) is 0. The molecule has 1 saturated carbocycles. The lowest BCUT2D eigenvalue weighted by molar-refractivity contribution is -0.137. The van der Waals surface area contributed by atoms with E-state index < -0.39 is 0 Å². The Hall–Kier alpha value is -1.38. The van der Waals surface area contributed by atoms with Crippen LogP contribution in [0, 0.1) is 23.7 Å². The van der Waals surface area contributed by atoms with Gasteiger partial charge in [0.2, 0.25) is 0 Å². The number of hydrogen-bond donors (Lipinski definition) is 0. The van der Waals surface area contributed by atoms with Crippen molar-refractivity contribution in [2.24, 2.45) is 23.7 Å². The molecule has 16 heavy (non-hydrogen) atoms. The zero-order valence-electron chi connectivity index (χ0n) is 9.30. The van der Waals surface area contributed by atoms with Crippen molar-refractivity contribution in [2.75, 3.05) is 6.54 Å². The molecule has 0 saturated heterocycles. The molecule has 3 nitrogen and oxygen atoms in total. The van der Waals surface area contributed by atoms with Crippen LogP contribution in [0.3, 0.4) is 0 Å². The molecule has 2 amide bonds. The lowest BCUT2D eigenvalue weighted by Gasteiger charge is -2.28. The minimum atomic E-state index is -0.149. The SMILES string of the molecule is CC1C2C=CC(C2)C1CN1C(=O)C=CC1=O. The zero-order valence-corrected chi connectivity index (χ0v) is 9.30. The molecule has 0 aromatic carbocycles. The van der Waals surface area contributed by atoms with Gasteiger partial charge in [0.1, 0.15) is 0 Å². The van der Waals surface area contributed by atoms with Crippen molar-refractivity contribution in [1.82, 2.24) is 4.90 Å². The average molecular weight is 217 g/mol. The fraction of sp³-hybridized carbons (Fsp3) is 0.538. The summed E-state index contributed by atoms with van der Waals surface area (Å²) in [6, 6.07) is 0. The zero-order chi connectivity index (χ0) is 11.3. The maximum Gasteiger partial charge on any atom is 0.253 e. The van der Waals surface area contributed by atoms with Gasteiger partial charge in [-0.1, -0.05) is 19.1 Å². The molecule has 0 spiro atoms. The summed E-state index contributed by atoms with van der Waals surface area (Å²) in [6.07, 6.45) is 8.49. The van der Waals surface area contributed by atoms with Crippen LogP contribution in [-0.2, 0) is 9.59 Å². The van der Waals surface area contributed by atoms with Crippen LogP contribution in [0.1, 0.15) is 13.3 Å². The van der Waals surface area contributed by atoms with Crippen LogP contribution in [0.25, 0.3) is 0 Å². The molecule has 0 aromatic rings. The summed E-state index contributed by atoms with van der Waals surface area (Å²) in [6.45, 7) is 2.83. The minimum Gasteiger partial charge on any atom is -0.275 e. The molecule has 3 rings (SSSR count). The third-order valence-corrected chi connectivity index (χ3v) is 4.34. The van der Waals surface area contributed by atoms with E-state index in [0.29, 0.717) is 30.2 Å². The standard InChI is InChI=1S/C13H15NO2/c1-8-9-2-3-10(6-9)11(8)7-14-12(15)4-5-13(14)16/h2-5,8-11H,6-7H2,1H3. The molecule has 0 N–H and O–H groups in total. The molecule has 3 heteroatoms. The van der Waals surface area contributed by atoms with E-state index in [1.807, 2.05) is 0 Å². The Morgan fingerprint density at radius 2 is 1.81 bits per heavy atom. The quantitative estimate of drug-likeness (QED) is 0.517. The number of rotatable bonds is 2. The molecule has 84 valence electrons. The Morgan fingerprint density at radius 1 is 1.19 bits per heavy atom. The first kappa shape index (κ1) is 9.82. The Labute approximate surface area is 94.8 Å². The van der Waals surface area contributed by atoms with E-state index in [4.69, 9.17) is 0 Å². The van der Waals surface area contributed by atoms with Crippen LogP contribution >= 0.6 is 0 Å². The summed E-state index contributed by atoms with van der Waals surface area (Å²) in [5.41, 5.74) is 0. The van der Waals surface area contributed by atoms with Gasteiger partial charge in [-0.25, -0.2) is 0 Å². The molecule has 2 aliphatic carbocycles. The van der Waals surface area contributed by atoms with E-state index in [1.165, 1.54) is 23.5 Å². The summed E-state index contributed by atoms with van der Waals surface area (Å²) in [4.78, 5) is 24.4. The van der Waals surface area contributed by atoms with Crippen molar-refractivity contribution >= 4 is 11.8 Å². The van der Waals surface area contributed by atoms with Gasteiger partial charge < -0.3 is 0 Å². The highest BCUT2D eigenvalue weighted by molar-refractivity contribution is 6.12. The number of allylic oxidation sites excluding steroid dienone is 2. The van der Waals surface area contributed by atoms with Gasteiger partial charge >= 0.3 is 0 Å². The predicted molar refractivity (Wildman–Crippen MR) is 59.3 cm³/mol. The highest BCUT2D eigenvalue weighted by Gasteiger charge is 2.43. The Balaban J connectivity index is 1.74. The van der Waals surface area contributed by atoms with Crippen molar-refractivity contribution in [3.05, 3.63) is 24.3 Å². The predicted octanol–water partition coefficient (Wildman–Crippen LogP) is 1.37. The van der Waals surface area contributed by atoms with Gasteiger partial charge in [0, 0.05) is 18.7 Å². The summed E-state index contributed by atoms with van der Waals surface area (Å²) >= 11 is 0. The van der Waals surface area contributed by atoms with Crippen LogP contribution in [0.15, 0.2) is 24.3 Å². The Bertz CT molecular complexity index is 392. The van der Waals surface area contributed by atoms with Crippen molar-refractivity contribution in [1.29, 1.82) is 0 Å². The van der Waals surface area contributed by atoms with Crippen molar-refractivity contribution in [2.45, 2.75) is 13.3 Å². The average Bonchev–Trinajstić information content (AvgIpc) is 2.91.